The van der Waals surface area contributed by atoms with Crippen molar-refractivity contribution in [2.24, 2.45) is 0 Å². The molecule has 0 unspecified atom stereocenters. The van der Waals surface area contributed by atoms with Crippen molar-refractivity contribution in [2.75, 3.05) is 17.3 Å². The summed E-state index contributed by atoms with van der Waals surface area (Å²) >= 11 is 5.93. The number of amides is 1. The van der Waals surface area contributed by atoms with Gasteiger partial charge < -0.3 is 24.8 Å². The molecule has 3 aromatic carbocycles. The van der Waals surface area contributed by atoms with Gasteiger partial charge in [0.25, 0.3) is 0 Å². The Morgan fingerprint density at radius 2 is 1.74 bits per heavy atom. The quantitative estimate of drug-likeness (QED) is 0.255. The molecule has 0 bridgehead atoms. The van der Waals surface area contributed by atoms with Crippen LogP contribution >= 0.6 is 12.2 Å². The number of fused-ring (bicyclic) bond motifs is 1. The molecule has 0 radical (unpaired) electrons. The lowest BCUT2D eigenvalue weighted by molar-refractivity contribution is -0.114. The van der Waals surface area contributed by atoms with E-state index in [1.54, 1.807) is 13.3 Å². The average Bonchev–Trinajstić information content (AvgIpc) is 3.57. The maximum atomic E-state index is 11.9. The van der Waals surface area contributed by atoms with Crippen molar-refractivity contribution in [3.05, 3.63) is 115 Å². The first-order chi connectivity index (χ1) is 19.0. The molecule has 0 saturated carbocycles. The number of rotatable bonds is 6. The normalized spacial score (nSPS) is 16.8. The van der Waals surface area contributed by atoms with Gasteiger partial charge in [-0.3, -0.25) is 9.78 Å². The Morgan fingerprint density at radius 1 is 0.949 bits per heavy atom. The molecule has 2 N–H and O–H groups in total. The van der Waals surface area contributed by atoms with Crippen LogP contribution in [0.3, 0.4) is 0 Å². The van der Waals surface area contributed by atoms with Gasteiger partial charge in [0, 0.05) is 36.4 Å². The maximum absolute atomic E-state index is 11.9. The third kappa shape index (κ3) is 4.59. The van der Waals surface area contributed by atoms with Crippen molar-refractivity contribution in [1.29, 1.82) is 0 Å². The number of aromatic nitrogens is 2. The Bertz CT molecular complexity index is 1680. The zero-order valence-corrected chi connectivity index (χ0v) is 22.4. The zero-order chi connectivity index (χ0) is 26.9. The van der Waals surface area contributed by atoms with E-state index in [9.17, 15) is 4.79 Å². The molecule has 1 fully saturated rings. The van der Waals surface area contributed by atoms with Crippen molar-refractivity contribution < 1.29 is 9.53 Å². The van der Waals surface area contributed by atoms with Gasteiger partial charge in [0.15, 0.2) is 5.11 Å². The van der Waals surface area contributed by atoms with Crippen LogP contribution in [0.5, 0.6) is 5.75 Å². The lowest BCUT2D eigenvalue weighted by atomic mass is 10.0. The summed E-state index contributed by atoms with van der Waals surface area (Å²) in [6.07, 6.45) is 3.87. The summed E-state index contributed by atoms with van der Waals surface area (Å²) in [4.78, 5) is 18.7. The Balaban J connectivity index is 1.50. The highest BCUT2D eigenvalue weighted by molar-refractivity contribution is 7.80. The molecule has 6 rings (SSSR count). The summed E-state index contributed by atoms with van der Waals surface area (Å²) in [7, 11) is 1.58. The van der Waals surface area contributed by atoms with Gasteiger partial charge in [-0.15, -0.1) is 0 Å². The van der Waals surface area contributed by atoms with Crippen LogP contribution in [0, 0.1) is 0 Å². The topological polar surface area (TPSA) is 71.4 Å². The average molecular weight is 534 g/mol. The smallest absolute Gasteiger partial charge is 0.221 e. The van der Waals surface area contributed by atoms with E-state index >= 15 is 0 Å². The molecule has 7 nitrogen and oxygen atoms in total. The fourth-order valence-corrected chi connectivity index (χ4v) is 5.61. The molecule has 5 aromatic rings. The number of nitrogens with zero attached hydrogens (tertiary/aromatic N) is 3. The van der Waals surface area contributed by atoms with Crippen LogP contribution in [0.4, 0.5) is 11.4 Å². The lowest BCUT2D eigenvalue weighted by Gasteiger charge is -2.29. The molecule has 0 spiro atoms. The van der Waals surface area contributed by atoms with Gasteiger partial charge in [-0.05, 0) is 77.6 Å². The number of carbonyl (C=O) groups excluding carboxylic acids is 1. The van der Waals surface area contributed by atoms with E-state index in [2.05, 4.69) is 79.8 Å². The van der Waals surface area contributed by atoms with Crippen LogP contribution in [-0.4, -0.2) is 27.7 Å². The first kappa shape index (κ1) is 24.6. The summed E-state index contributed by atoms with van der Waals surface area (Å²) in [5, 5.41) is 9.32. The fourth-order valence-electron chi connectivity index (χ4n) is 5.26. The van der Waals surface area contributed by atoms with Crippen molar-refractivity contribution in [3.8, 4) is 11.4 Å². The summed E-state index contributed by atoms with van der Waals surface area (Å²) in [6, 6.07) is 30.1. The highest BCUT2D eigenvalue weighted by Crippen LogP contribution is 2.44. The van der Waals surface area contributed by atoms with Crippen molar-refractivity contribution in [2.45, 2.75) is 19.0 Å². The van der Waals surface area contributed by atoms with E-state index in [1.807, 2.05) is 42.5 Å². The number of methoxy groups -OCH3 is 1. The van der Waals surface area contributed by atoms with Crippen LogP contribution in [0.15, 0.2) is 103 Å². The van der Waals surface area contributed by atoms with Gasteiger partial charge in [-0.25, -0.2) is 0 Å². The third-order valence-corrected chi connectivity index (χ3v) is 7.28. The number of thiocarbonyl (C=S) groups is 1. The Kier molecular flexibility index (Phi) is 6.46. The highest BCUT2D eigenvalue weighted by atomic mass is 32.1. The van der Waals surface area contributed by atoms with Gasteiger partial charge in [0.2, 0.25) is 5.91 Å². The minimum absolute atomic E-state index is 0.180. The van der Waals surface area contributed by atoms with E-state index < -0.39 is 0 Å². The number of benzene rings is 3. The first-order valence-corrected chi connectivity index (χ1v) is 13.1. The summed E-state index contributed by atoms with van der Waals surface area (Å²) < 4.78 is 7.70. The van der Waals surface area contributed by atoms with E-state index in [4.69, 9.17) is 17.0 Å². The predicted molar refractivity (Wildman–Crippen MR) is 159 cm³/mol. The standard InChI is InChI=1S/C31H27N5O2S/c1-20(37)33-26-19-24(14-15-28(26)38-2)36-30(29(34-31(36)39)25-10-5-6-16-32-25)27-11-7-17-35(27)23-13-12-21-8-3-4-9-22(21)18-23/h3-19,29-30H,1-2H3,(H,33,37)(H,34,39)/t29-,30-/m0/s1. The van der Waals surface area contributed by atoms with E-state index in [0.29, 0.717) is 16.5 Å². The molecule has 1 aliphatic rings. The summed E-state index contributed by atoms with van der Waals surface area (Å²) in [6.45, 7) is 1.48. The van der Waals surface area contributed by atoms with Gasteiger partial charge in [-0.2, -0.15) is 0 Å². The molecule has 194 valence electrons. The number of hydrogen-bond acceptors (Lipinski definition) is 4. The molecule has 2 aromatic heterocycles. The molecule has 0 aliphatic carbocycles. The van der Waals surface area contributed by atoms with Crippen LogP contribution in [0.25, 0.3) is 16.5 Å². The van der Waals surface area contributed by atoms with Crippen molar-refractivity contribution in [1.82, 2.24) is 14.9 Å². The number of carbonyl (C=O) groups is 1. The van der Waals surface area contributed by atoms with Crippen LogP contribution in [0.2, 0.25) is 0 Å². The van der Waals surface area contributed by atoms with Gasteiger partial charge in [0.1, 0.15) is 11.8 Å². The van der Waals surface area contributed by atoms with Crippen LogP contribution < -0.4 is 20.3 Å². The molecule has 8 heteroatoms. The number of anilines is 2. The monoisotopic (exact) mass is 533 g/mol. The van der Waals surface area contributed by atoms with Crippen LogP contribution in [0.1, 0.15) is 30.4 Å². The minimum Gasteiger partial charge on any atom is -0.495 e. The first-order valence-electron chi connectivity index (χ1n) is 12.7. The molecular formula is C31H27N5O2S. The number of nitrogens with one attached hydrogen (secondary N) is 2. The highest BCUT2D eigenvalue weighted by Gasteiger charge is 2.42. The summed E-state index contributed by atoms with van der Waals surface area (Å²) in [5.41, 5.74) is 4.39. The van der Waals surface area contributed by atoms with E-state index in [-0.39, 0.29) is 18.0 Å². The Labute approximate surface area is 232 Å². The summed E-state index contributed by atoms with van der Waals surface area (Å²) in [5.74, 6) is 0.394. The second-order valence-electron chi connectivity index (χ2n) is 9.40. The molecule has 2 atom stereocenters. The molecular weight excluding hydrogens is 506 g/mol. The molecule has 1 aliphatic heterocycles. The minimum atomic E-state index is -0.229. The van der Waals surface area contributed by atoms with E-state index in [1.165, 1.54) is 17.7 Å². The van der Waals surface area contributed by atoms with E-state index in [0.717, 1.165) is 22.8 Å². The van der Waals surface area contributed by atoms with Gasteiger partial charge >= 0.3 is 0 Å². The van der Waals surface area contributed by atoms with Gasteiger partial charge in [-0.1, -0.05) is 36.4 Å². The Morgan fingerprint density at radius 3 is 2.51 bits per heavy atom. The molecule has 39 heavy (non-hydrogen) atoms. The second kappa shape index (κ2) is 10.2. The molecule has 1 amide bonds. The fraction of sp³-hybridized carbons (Fsp3) is 0.129. The molecule has 1 saturated heterocycles. The van der Waals surface area contributed by atoms with Crippen molar-refractivity contribution >= 4 is 45.4 Å². The second-order valence-corrected chi connectivity index (χ2v) is 9.78. The van der Waals surface area contributed by atoms with Gasteiger partial charge in [0.05, 0.1) is 24.5 Å². The number of hydrogen-bond donors (Lipinski definition) is 2. The largest absolute Gasteiger partial charge is 0.495 e. The number of pyridine rings is 1. The SMILES string of the molecule is COc1ccc(N2C(=S)N[C@@H](c3ccccn3)[C@@H]2c2cccn2-c2ccc3ccccc3c2)cc1NC(C)=O. The lowest BCUT2D eigenvalue weighted by Crippen LogP contribution is -2.30. The molecule has 3 heterocycles. The Hall–Kier alpha value is -4.69. The van der Waals surface area contributed by atoms with Crippen molar-refractivity contribution in [3.63, 3.8) is 0 Å². The third-order valence-electron chi connectivity index (χ3n) is 6.96. The van der Waals surface area contributed by atoms with Crippen LogP contribution in [-0.2, 0) is 4.79 Å². The maximum Gasteiger partial charge on any atom is 0.221 e. The zero-order valence-electron chi connectivity index (χ0n) is 21.5. The predicted octanol–water partition coefficient (Wildman–Crippen LogP) is 6.17. The number of ether oxygens (including phenoxy) is 1.